The normalized spacial score (nSPS) is 13.6. The summed E-state index contributed by atoms with van der Waals surface area (Å²) in [5, 5.41) is 5.62. The lowest BCUT2D eigenvalue weighted by Gasteiger charge is -2.16. The molecule has 0 aromatic heterocycles. The van der Waals surface area contributed by atoms with Gasteiger partial charge < -0.3 is 15.4 Å². The lowest BCUT2D eigenvalue weighted by atomic mass is 10.2. The largest absolute Gasteiger partial charge is 0.382 e. The Hall–Kier alpha value is -1.53. The minimum atomic E-state index is -0.130. The summed E-state index contributed by atoms with van der Waals surface area (Å²) in [6.45, 7) is 3.86. The number of anilines is 1. The molecule has 0 bridgehead atoms. The molecule has 2 N–H and O–H groups in total. The highest BCUT2D eigenvalue weighted by Crippen LogP contribution is 2.31. The Bertz CT molecular complexity index is 505. The number of benzene rings is 1. The van der Waals surface area contributed by atoms with Crippen molar-refractivity contribution in [2.24, 2.45) is 0 Å². The Kier molecular flexibility index (Phi) is 5.43. The molecule has 1 aromatic carbocycles. The third kappa shape index (κ3) is 3.98. The van der Waals surface area contributed by atoms with Crippen molar-refractivity contribution < 1.29 is 14.3 Å². The molecule has 20 heavy (non-hydrogen) atoms. The molecule has 0 spiro atoms. The number of nitrogens with one attached hydrogen (secondary N) is 2. The van der Waals surface area contributed by atoms with Crippen molar-refractivity contribution in [2.45, 2.75) is 18.2 Å². The SMILES string of the molecule is CCOCCCNC(=O)c1ccc2c(c1)NC(=O)CS2. The van der Waals surface area contributed by atoms with Crippen LogP contribution in [-0.4, -0.2) is 37.3 Å². The van der Waals surface area contributed by atoms with Gasteiger partial charge in [-0.2, -0.15) is 0 Å². The highest BCUT2D eigenvalue weighted by molar-refractivity contribution is 8.00. The quantitative estimate of drug-likeness (QED) is 0.786. The Morgan fingerprint density at radius 1 is 1.50 bits per heavy atom. The van der Waals surface area contributed by atoms with Crippen LogP contribution in [0.5, 0.6) is 0 Å². The van der Waals surface area contributed by atoms with Crippen LogP contribution in [0.3, 0.4) is 0 Å². The van der Waals surface area contributed by atoms with Gasteiger partial charge in [0.1, 0.15) is 0 Å². The zero-order chi connectivity index (χ0) is 14.4. The Balaban J connectivity index is 1.90. The summed E-state index contributed by atoms with van der Waals surface area (Å²) in [5.74, 6) is 0.265. The molecule has 1 aliphatic rings. The molecular weight excluding hydrogens is 276 g/mol. The number of carbonyl (C=O) groups excluding carboxylic acids is 2. The molecule has 0 fully saturated rings. The molecule has 1 heterocycles. The molecule has 2 amide bonds. The van der Waals surface area contributed by atoms with E-state index in [2.05, 4.69) is 10.6 Å². The molecule has 0 saturated heterocycles. The van der Waals surface area contributed by atoms with Gasteiger partial charge in [-0.25, -0.2) is 0 Å². The monoisotopic (exact) mass is 294 g/mol. The zero-order valence-electron chi connectivity index (χ0n) is 11.4. The van der Waals surface area contributed by atoms with E-state index >= 15 is 0 Å². The van der Waals surface area contributed by atoms with Crippen LogP contribution in [0.15, 0.2) is 23.1 Å². The summed E-state index contributed by atoms with van der Waals surface area (Å²) in [7, 11) is 0. The van der Waals surface area contributed by atoms with Crippen LogP contribution >= 0.6 is 11.8 Å². The average Bonchev–Trinajstić information content (AvgIpc) is 2.46. The molecule has 0 atom stereocenters. The fourth-order valence-corrected chi connectivity index (χ4v) is 2.64. The van der Waals surface area contributed by atoms with Crippen LogP contribution in [0.2, 0.25) is 0 Å². The molecular formula is C14H18N2O3S. The molecule has 0 radical (unpaired) electrons. The maximum Gasteiger partial charge on any atom is 0.251 e. The number of carbonyl (C=O) groups is 2. The van der Waals surface area contributed by atoms with E-state index in [-0.39, 0.29) is 11.8 Å². The first-order valence-corrected chi connectivity index (χ1v) is 7.62. The Morgan fingerprint density at radius 2 is 2.35 bits per heavy atom. The molecule has 0 aliphatic carbocycles. The minimum absolute atomic E-state index is 0.0308. The van der Waals surface area contributed by atoms with Crippen molar-refractivity contribution in [3.05, 3.63) is 23.8 Å². The fourth-order valence-electron chi connectivity index (χ4n) is 1.85. The minimum Gasteiger partial charge on any atom is -0.382 e. The number of thioether (sulfide) groups is 1. The zero-order valence-corrected chi connectivity index (χ0v) is 12.2. The van der Waals surface area contributed by atoms with E-state index in [1.165, 1.54) is 11.8 Å². The number of rotatable bonds is 6. The van der Waals surface area contributed by atoms with Gasteiger partial charge in [-0.15, -0.1) is 11.8 Å². The molecule has 6 heteroatoms. The first-order chi connectivity index (χ1) is 9.70. The van der Waals surface area contributed by atoms with Crippen LogP contribution in [0.1, 0.15) is 23.7 Å². The van der Waals surface area contributed by atoms with Gasteiger partial charge in [0.05, 0.1) is 11.4 Å². The highest BCUT2D eigenvalue weighted by atomic mass is 32.2. The Morgan fingerprint density at radius 3 is 3.15 bits per heavy atom. The second kappa shape index (κ2) is 7.31. The van der Waals surface area contributed by atoms with Gasteiger partial charge in [0.2, 0.25) is 5.91 Å². The predicted octanol–water partition coefficient (Wildman–Crippen LogP) is 1.89. The predicted molar refractivity (Wildman–Crippen MR) is 79.2 cm³/mol. The highest BCUT2D eigenvalue weighted by Gasteiger charge is 2.17. The summed E-state index contributed by atoms with van der Waals surface area (Å²) in [6, 6.07) is 5.37. The molecule has 5 nitrogen and oxygen atoms in total. The van der Waals surface area contributed by atoms with Gasteiger partial charge in [-0.3, -0.25) is 9.59 Å². The third-order valence-corrected chi connectivity index (χ3v) is 3.90. The van der Waals surface area contributed by atoms with E-state index in [4.69, 9.17) is 4.74 Å². The molecule has 0 saturated carbocycles. The summed E-state index contributed by atoms with van der Waals surface area (Å²) in [4.78, 5) is 24.3. The maximum atomic E-state index is 12.0. The van der Waals surface area contributed by atoms with E-state index in [1.807, 2.05) is 13.0 Å². The van der Waals surface area contributed by atoms with Gasteiger partial charge in [0.25, 0.3) is 5.91 Å². The van der Waals surface area contributed by atoms with Crippen LogP contribution in [-0.2, 0) is 9.53 Å². The van der Waals surface area contributed by atoms with Crippen molar-refractivity contribution in [3.8, 4) is 0 Å². The fraction of sp³-hybridized carbons (Fsp3) is 0.429. The van der Waals surface area contributed by atoms with Crippen LogP contribution in [0.25, 0.3) is 0 Å². The van der Waals surface area contributed by atoms with Crippen molar-refractivity contribution in [3.63, 3.8) is 0 Å². The number of fused-ring (bicyclic) bond motifs is 1. The van der Waals surface area contributed by atoms with E-state index in [0.29, 0.717) is 36.8 Å². The summed E-state index contributed by atoms with van der Waals surface area (Å²) >= 11 is 1.48. The van der Waals surface area contributed by atoms with E-state index in [0.717, 1.165) is 11.3 Å². The number of hydrogen-bond acceptors (Lipinski definition) is 4. The van der Waals surface area contributed by atoms with Gasteiger partial charge in [0.15, 0.2) is 0 Å². The van der Waals surface area contributed by atoms with Crippen LogP contribution < -0.4 is 10.6 Å². The summed E-state index contributed by atoms with van der Waals surface area (Å²) in [6.07, 6.45) is 0.789. The first-order valence-electron chi connectivity index (χ1n) is 6.63. The van der Waals surface area contributed by atoms with Gasteiger partial charge >= 0.3 is 0 Å². The van der Waals surface area contributed by atoms with Crippen LogP contribution in [0, 0.1) is 0 Å². The second-order valence-corrected chi connectivity index (χ2v) is 5.37. The summed E-state index contributed by atoms with van der Waals surface area (Å²) in [5.41, 5.74) is 1.27. The average molecular weight is 294 g/mol. The number of hydrogen-bond donors (Lipinski definition) is 2. The number of amides is 2. The van der Waals surface area contributed by atoms with Crippen molar-refractivity contribution in [2.75, 3.05) is 30.8 Å². The van der Waals surface area contributed by atoms with Crippen molar-refractivity contribution in [1.29, 1.82) is 0 Å². The topological polar surface area (TPSA) is 67.4 Å². The van der Waals surface area contributed by atoms with Crippen LogP contribution in [0.4, 0.5) is 5.69 Å². The smallest absolute Gasteiger partial charge is 0.251 e. The standard InChI is InChI=1S/C14H18N2O3S/c1-2-19-7-3-6-15-14(18)10-4-5-12-11(8-10)16-13(17)9-20-12/h4-5,8H,2-3,6-7,9H2,1H3,(H,15,18)(H,16,17). The molecule has 1 aromatic rings. The molecule has 1 aliphatic heterocycles. The third-order valence-electron chi connectivity index (χ3n) is 2.83. The van der Waals surface area contributed by atoms with E-state index in [1.54, 1.807) is 12.1 Å². The van der Waals surface area contributed by atoms with E-state index < -0.39 is 0 Å². The van der Waals surface area contributed by atoms with Crippen molar-refractivity contribution in [1.82, 2.24) is 5.32 Å². The van der Waals surface area contributed by atoms with Gasteiger partial charge in [-0.1, -0.05) is 0 Å². The van der Waals surface area contributed by atoms with Gasteiger partial charge in [0, 0.05) is 30.2 Å². The Labute approximate surface area is 122 Å². The molecule has 0 unspecified atom stereocenters. The number of ether oxygens (including phenoxy) is 1. The van der Waals surface area contributed by atoms with E-state index in [9.17, 15) is 9.59 Å². The second-order valence-electron chi connectivity index (χ2n) is 4.35. The molecule has 2 rings (SSSR count). The first kappa shape index (κ1) is 14.9. The lowest BCUT2D eigenvalue weighted by Crippen LogP contribution is -2.26. The lowest BCUT2D eigenvalue weighted by molar-refractivity contribution is -0.113. The van der Waals surface area contributed by atoms with Crippen molar-refractivity contribution >= 4 is 29.3 Å². The maximum absolute atomic E-state index is 12.0. The van der Waals surface area contributed by atoms with Gasteiger partial charge in [-0.05, 0) is 31.5 Å². The summed E-state index contributed by atoms with van der Waals surface area (Å²) < 4.78 is 5.21. The molecule has 108 valence electrons.